The van der Waals surface area contributed by atoms with E-state index in [2.05, 4.69) is 51.3 Å². The van der Waals surface area contributed by atoms with Crippen LogP contribution in [-0.4, -0.2) is 17.6 Å². The van der Waals surface area contributed by atoms with Gasteiger partial charge in [0.25, 0.3) is 5.91 Å². The van der Waals surface area contributed by atoms with Crippen LogP contribution in [0.15, 0.2) is 36.4 Å². The average Bonchev–Trinajstić information content (AvgIpc) is 2.61. The summed E-state index contributed by atoms with van der Waals surface area (Å²) in [5, 5.41) is 6.13. The van der Waals surface area contributed by atoms with Crippen LogP contribution in [0.1, 0.15) is 61.8 Å². The van der Waals surface area contributed by atoms with Gasteiger partial charge in [-0.2, -0.15) is 0 Å². The Bertz CT molecular complexity index is 860. The molecule has 0 aromatic heterocycles. The Balaban J connectivity index is 1.94. The third kappa shape index (κ3) is 5.80. The van der Waals surface area contributed by atoms with Gasteiger partial charge in [0.05, 0.1) is 0 Å². The zero-order valence-corrected chi connectivity index (χ0v) is 18.4. The molecular weight excluding hydrogens is 368 g/mol. The van der Waals surface area contributed by atoms with E-state index in [-0.39, 0.29) is 17.6 Å². The van der Waals surface area contributed by atoms with E-state index in [0.717, 1.165) is 22.4 Å². The molecule has 2 rings (SSSR count). The summed E-state index contributed by atoms with van der Waals surface area (Å²) in [7, 11) is 0. The Morgan fingerprint density at radius 2 is 1.68 bits per heavy atom. The highest BCUT2D eigenvalue weighted by atomic mass is 32.1. The van der Waals surface area contributed by atoms with Gasteiger partial charge in [-0.1, -0.05) is 52.0 Å². The second-order valence-corrected chi connectivity index (χ2v) is 8.07. The lowest BCUT2D eigenvalue weighted by Gasteiger charge is -2.18. The van der Waals surface area contributed by atoms with Gasteiger partial charge in [0.15, 0.2) is 11.7 Å². The van der Waals surface area contributed by atoms with Crippen LogP contribution >= 0.6 is 12.2 Å². The Morgan fingerprint density at radius 3 is 2.29 bits per heavy atom. The van der Waals surface area contributed by atoms with E-state index in [9.17, 15) is 4.79 Å². The van der Waals surface area contributed by atoms with Crippen molar-refractivity contribution < 1.29 is 9.53 Å². The molecule has 0 unspecified atom stereocenters. The second kappa shape index (κ2) is 9.69. The summed E-state index contributed by atoms with van der Waals surface area (Å²) in [5.74, 6) is 1.19. The lowest BCUT2D eigenvalue weighted by Crippen LogP contribution is -2.37. The molecule has 2 aromatic rings. The molecule has 0 fully saturated rings. The maximum Gasteiger partial charge on any atom is 0.264 e. The van der Waals surface area contributed by atoms with Crippen LogP contribution in [0.5, 0.6) is 5.75 Å². The Morgan fingerprint density at radius 1 is 1.00 bits per heavy atom. The molecule has 0 aliphatic heterocycles. The molecule has 0 heterocycles. The van der Waals surface area contributed by atoms with Gasteiger partial charge in [0.2, 0.25) is 0 Å². The summed E-state index contributed by atoms with van der Waals surface area (Å²) >= 11 is 5.32. The van der Waals surface area contributed by atoms with E-state index in [1.165, 1.54) is 5.56 Å². The zero-order valence-electron chi connectivity index (χ0n) is 17.6. The number of carbonyl (C=O) groups excluding carboxylic acids is 1. The maximum absolute atomic E-state index is 12.2. The fourth-order valence-corrected chi connectivity index (χ4v) is 3.40. The van der Waals surface area contributed by atoms with Crippen molar-refractivity contribution >= 4 is 28.9 Å². The molecule has 0 saturated carbocycles. The first-order chi connectivity index (χ1) is 13.2. The third-order valence-corrected chi connectivity index (χ3v) is 4.86. The zero-order chi connectivity index (χ0) is 20.8. The van der Waals surface area contributed by atoms with Crippen molar-refractivity contribution in [2.45, 2.75) is 53.4 Å². The Kier molecular flexibility index (Phi) is 7.58. The average molecular weight is 399 g/mol. The number of hydrogen-bond acceptors (Lipinski definition) is 3. The standard InChI is InChI=1S/C23H30N2O2S/c1-14(2)19-11-10-18(12-17(19)6)27-13-21(26)24-23(28)25-22-16(5)8-7-9-20(22)15(3)4/h7-12,14-15H,13H2,1-6H3,(H2,24,25,26,28). The number of benzene rings is 2. The van der Waals surface area contributed by atoms with Gasteiger partial charge in [-0.25, -0.2) is 0 Å². The van der Waals surface area contributed by atoms with E-state index < -0.39 is 0 Å². The van der Waals surface area contributed by atoms with Crippen molar-refractivity contribution in [1.82, 2.24) is 5.32 Å². The number of rotatable bonds is 6. The van der Waals surface area contributed by atoms with E-state index in [1.807, 2.05) is 37.3 Å². The number of carbonyl (C=O) groups is 1. The predicted octanol–water partition coefficient (Wildman–Crippen LogP) is 5.44. The number of anilines is 1. The van der Waals surface area contributed by atoms with Crippen LogP contribution in [-0.2, 0) is 4.79 Å². The van der Waals surface area contributed by atoms with Crippen LogP contribution in [0.25, 0.3) is 0 Å². The van der Waals surface area contributed by atoms with E-state index in [1.54, 1.807) is 0 Å². The number of para-hydroxylation sites is 1. The summed E-state index contributed by atoms with van der Waals surface area (Å²) in [4.78, 5) is 12.2. The number of nitrogens with one attached hydrogen (secondary N) is 2. The van der Waals surface area contributed by atoms with Gasteiger partial charge in [0.1, 0.15) is 5.75 Å². The van der Waals surface area contributed by atoms with Gasteiger partial charge in [-0.15, -0.1) is 0 Å². The number of aryl methyl sites for hydroxylation is 2. The summed E-state index contributed by atoms with van der Waals surface area (Å²) in [6.45, 7) is 12.5. The van der Waals surface area contributed by atoms with E-state index >= 15 is 0 Å². The first kappa shape index (κ1) is 21.9. The molecule has 0 aliphatic rings. The van der Waals surface area contributed by atoms with Crippen molar-refractivity contribution in [1.29, 1.82) is 0 Å². The highest BCUT2D eigenvalue weighted by Crippen LogP contribution is 2.27. The third-order valence-electron chi connectivity index (χ3n) is 4.65. The molecule has 2 aromatic carbocycles. The van der Waals surface area contributed by atoms with Gasteiger partial charge < -0.3 is 10.1 Å². The quantitative estimate of drug-likeness (QED) is 0.636. The highest BCUT2D eigenvalue weighted by Gasteiger charge is 2.12. The minimum absolute atomic E-state index is 0.0902. The van der Waals surface area contributed by atoms with Gasteiger partial charge in [0, 0.05) is 5.69 Å². The van der Waals surface area contributed by atoms with Crippen LogP contribution in [0.4, 0.5) is 5.69 Å². The Labute approximate surface area is 173 Å². The molecule has 1 amide bonds. The largest absolute Gasteiger partial charge is 0.484 e. The second-order valence-electron chi connectivity index (χ2n) is 7.66. The highest BCUT2D eigenvalue weighted by molar-refractivity contribution is 7.80. The minimum atomic E-state index is -0.289. The summed E-state index contributed by atoms with van der Waals surface area (Å²) in [6.07, 6.45) is 0. The number of hydrogen-bond donors (Lipinski definition) is 2. The molecule has 0 spiro atoms. The molecule has 5 heteroatoms. The first-order valence-corrected chi connectivity index (χ1v) is 10.0. The molecule has 0 aliphatic carbocycles. The Hall–Kier alpha value is -2.40. The smallest absolute Gasteiger partial charge is 0.264 e. The van der Waals surface area contributed by atoms with Crippen molar-refractivity contribution in [2.75, 3.05) is 11.9 Å². The predicted molar refractivity (Wildman–Crippen MR) is 120 cm³/mol. The fourth-order valence-electron chi connectivity index (χ4n) is 3.18. The van der Waals surface area contributed by atoms with Crippen molar-refractivity contribution in [3.05, 3.63) is 58.7 Å². The van der Waals surface area contributed by atoms with Crippen LogP contribution in [0.3, 0.4) is 0 Å². The lowest BCUT2D eigenvalue weighted by atomic mass is 9.98. The minimum Gasteiger partial charge on any atom is -0.484 e. The van der Waals surface area contributed by atoms with Crippen molar-refractivity contribution in [2.24, 2.45) is 0 Å². The molecule has 0 radical (unpaired) electrons. The summed E-state index contributed by atoms with van der Waals surface area (Å²) in [6, 6.07) is 12.0. The van der Waals surface area contributed by atoms with Crippen molar-refractivity contribution in [3.63, 3.8) is 0 Å². The SMILES string of the molecule is Cc1cc(OCC(=O)NC(=S)Nc2c(C)cccc2C(C)C)ccc1C(C)C. The van der Waals surface area contributed by atoms with Crippen molar-refractivity contribution in [3.8, 4) is 5.75 Å². The number of thiocarbonyl (C=S) groups is 1. The molecule has 0 atom stereocenters. The van der Waals surface area contributed by atoms with E-state index in [0.29, 0.717) is 17.6 Å². The normalized spacial score (nSPS) is 10.9. The van der Waals surface area contributed by atoms with Gasteiger partial charge in [-0.05, 0) is 72.3 Å². The molecule has 2 N–H and O–H groups in total. The number of ether oxygens (including phenoxy) is 1. The lowest BCUT2D eigenvalue weighted by molar-refractivity contribution is -0.121. The first-order valence-electron chi connectivity index (χ1n) is 9.62. The number of amides is 1. The van der Waals surface area contributed by atoms with Crippen LogP contribution < -0.4 is 15.4 Å². The summed E-state index contributed by atoms with van der Waals surface area (Å²) < 4.78 is 5.62. The van der Waals surface area contributed by atoms with Gasteiger partial charge >= 0.3 is 0 Å². The molecule has 28 heavy (non-hydrogen) atoms. The maximum atomic E-state index is 12.2. The van der Waals surface area contributed by atoms with E-state index in [4.69, 9.17) is 17.0 Å². The topological polar surface area (TPSA) is 50.4 Å². The summed E-state index contributed by atoms with van der Waals surface area (Å²) in [5.41, 5.74) is 5.63. The molecule has 0 saturated heterocycles. The molecular formula is C23H30N2O2S. The van der Waals surface area contributed by atoms with Gasteiger partial charge in [-0.3, -0.25) is 10.1 Å². The van der Waals surface area contributed by atoms with Crippen LogP contribution in [0.2, 0.25) is 0 Å². The molecule has 4 nitrogen and oxygen atoms in total. The molecule has 0 bridgehead atoms. The monoisotopic (exact) mass is 398 g/mol. The van der Waals surface area contributed by atoms with Crippen LogP contribution in [0, 0.1) is 13.8 Å². The fraction of sp³-hybridized carbons (Fsp3) is 0.391. The molecule has 150 valence electrons.